The molecule has 4 fully saturated rings. The average molecular weight is 1030 g/mol. The number of hydrogen-bond donors (Lipinski definition) is 7. The van der Waals surface area contributed by atoms with Crippen LogP contribution in [0.1, 0.15) is 135 Å². The van der Waals surface area contributed by atoms with E-state index in [9.17, 15) is 24.9 Å². The van der Waals surface area contributed by atoms with Crippen molar-refractivity contribution in [3.8, 4) is 51.7 Å². The Balaban J connectivity index is 1.10. The van der Waals surface area contributed by atoms with Gasteiger partial charge in [-0.25, -0.2) is 0 Å². The van der Waals surface area contributed by atoms with E-state index in [2.05, 4.69) is 58.2 Å². The third kappa shape index (κ3) is 9.32. The number of rotatable bonds is 7. The van der Waals surface area contributed by atoms with E-state index in [4.69, 9.17) is 24.7 Å². The van der Waals surface area contributed by atoms with Crippen molar-refractivity contribution in [1.82, 2.24) is 16.0 Å². The number of carbonyl (C=O) groups excluding carboxylic acids is 2. The predicted octanol–water partition coefficient (Wildman–Crippen LogP) is 8.40. The van der Waals surface area contributed by atoms with Crippen LogP contribution in [0.15, 0.2) is 53.8 Å². The second-order valence-corrected chi connectivity index (χ2v) is 24.5. The van der Waals surface area contributed by atoms with Gasteiger partial charge in [-0.2, -0.15) is 0 Å². The monoisotopic (exact) mass is 1030 g/mol. The van der Waals surface area contributed by atoms with Crippen molar-refractivity contribution in [3.63, 3.8) is 0 Å². The van der Waals surface area contributed by atoms with Crippen molar-refractivity contribution < 1.29 is 43.9 Å². The molecule has 9 aliphatic rings. The number of nitrogens with one attached hydrogen (secondary N) is 3. The van der Waals surface area contributed by atoms with Crippen LogP contribution < -0.4 is 35.9 Å². The summed E-state index contributed by atoms with van der Waals surface area (Å²) in [5.74, 6) is 10.9. The Morgan fingerprint density at radius 1 is 1.03 bits per heavy atom. The molecule has 12 rings (SSSR count). The van der Waals surface area contributed by atoms with Gasteiger partial charge >= 0.3 is 5.97 Å². The number of esters is 1. The fourth-order valence-electron chi connectivity index (χ4n) is 14.0. The molecule has 0 aromatic heterocycles. The van der Waals surface area contributed by atoms with Gasteiger partial charge in [-0.3, -0.25) is 9.59 Å². The smallest absolute Gasteiger partial charge is 0.302 e. The number of phenolic OH excluding ortho intramolecular Hbond substituents is 2. The molecule has 1 saturated heterocycles. The number of ketones is 1. The number of carbonyl (C=O) groups is 2. The van der Waals surface area contributed by atoms with Crippen LogP contribution in [0.25, 0.3) is 17.2 Å². The molecular formula is C58H66N4O9S2. The van der Waals surface area contributed by atoms with Crippen LogP contribution in [0.4, 0.5) is 0 Å². The Bertz CT molecular complexity index is 2880. The van der Waals surface area contributed by atoms with E-state index < -0.39 is 36.4 Å². The average Bonchev–Trinajstić information content (AvgIpc) is 3.88. The first-order valence-corrected chi connectivity index (χ1v) is 29.0. The maximum Gasteiger partial charge on any atom is 0.302 e. The second kappa shape index (κ2) is 20.2. The molecule has 9 atom stereocenters. The molecule has 5 heterocycles. The van der Waals surface area contributed by atoms with Crippen LogP contribution in [0.2, 0.25) is 0 Å². The van der Waals surface area contributed by atoms with Gasteiger partial charge in [-0.15, -0.1) is 0 Å². The second-order valence-electron chi connectivity index (χ2n) is 21.9. The molecular weight excluding hydrogens is 961 g/mol. The number of allylic oxidation sites excluding steroid dienone is 3. The summed E-state index contributed by atoms with van der Waals surface area (Å²) in [7, 11) is 3.76. The zero-order chi connectivity index (χ0) is 50.0. The zero-order valence-corrected chi connectivity index (χ0v) is 43.1. The summed E-state index contributed by atoms with van der Waals surface area (Å²) < 4.78 is 27.0. The highest BCUT2D eigenvalue weighted by molar-refractivity contribution is 8.76. The van der Waals surface area contributed by atoms with E-state index in [1.807, 2.05) is 33.7 Å². The molecule has 13 nitrogen and oxygen atoms in total. The molecule has 73 heavy (non-hydrogen) atoms. The van der Waals surface area contributed by atoms with Crippen molar-refractivity contribution >= 4 is 39.4 Å². The third-order valence-corrected chi connectivity index (χ3v) is 19.9. The van der Waals surface area contributed by atoms with E-state index in [0.29, 0.717) is 79.0 Å². The molecule has 3 aromatic carbocycles. The summed E-state index contributed by atoms with van der Waals surface area (Å²) in [6, 6.07) is 7.90. The van der Waals surface area contributed by atoms with Gasteiger partial charge < -0.3 is 56.0 Å². The number of nitrogens with two attached hydrogens (primary N) is 1. The molecule has 15 heteroatoms. The lowest BCUT2D eigenvalue weighted by Crippen LogP contribution is -2.49. The molecule has 6 bridgehead atoms. The van der Waals surface area contributed by atoms with Gasteiger partial charge in [-0.05, 0) is 116 Å². The SMILES string of the molecule is CC(=O)OC[C@H]1c2ccc3c4c2O[C@@H]1c1c2c(c(O)c(CNC5CCC(=O)CC5)c1CC#CC1=C(C=CC(N)N1)C[C@H]1CC[C@]4(Cc4cc(O)cc(OCO)c4-3)C1)O[C@@H]1CSSC[C@H]3CCC[C@@H](C3)N[C@H]1C=C2. The van der Waals surface area contributed by atoms with Crippen molar-refractivity contribution in [2.24, 2.45) is 17.6 Å². The number of aliphatic hydroxyl groups is 1. The van der Waals surface area contributed by atoms with Crippen molar-refractivity contribution in [2.75, 3.05) is 24.9 Å². The Kier molecular flexibility index (Phi) is 13.5. The summed E-state index contributed by atoms with van der Waals surface area (Å²) in [5.41, 5.74) is 15.7. The number of dihydropyridines is 1. The Labute approximate surface area is 435 Å². The third-order valence-electron chi connectivity index (χ3n) is 17.3. The number of Topliss-reactive ketones (excluding diaryl/α,β-unsaturated/α-hetero) is 1. The summed E-state index contributed by atoms with van der Waals surface area (Å²) in [4.78, 5) is 25.4. The zero-order valence-electron chi connectivity index (χ0n) is 41.4. The molecule has 8 N–H and O–H groups in total. The van der Waals surface area contributed by atoms with Crippen molar-refractivity contribution in [2.45, 2.75) is 151 Å². The van der Waals surface area contributed by atoms with Gasteiger partial charge in [-0.1, -0.05) is 64.3 Å². The number of aromatic hydroxyl groups is 2. The number of benzene rings is 3. The maximum atomic E-state index is 13.0. The first-order chi connectivity index (χ1) is 35.5. The first kappa shape index (κ1) is 48.8. The summed E-state index contributed by atoms with van der Waals surface area (Å²) >= 11 is 0. The normalized spacial score (nSPS) is 29.9. The quantitative estimate of drug-likeness (QED) is 0.0516. The molecule has 0 radical (unpaired) electrons. The van der Waals surface area contributed by atoms with Crippen LogP contribution >= 0.6 is 21.6 Å². The molecule has 1 unspecified atom stereocenters. The topological polar surface area (TPSA) is 194 Å². The summed E-state index contributed by atoms with van der Waals surface area (Å²) in [5, 5.41) is 45.6. The lowest BCUT2D eigenvalue weighted by Gasteiger charge is -2.39. The molecule has 4 aliphatic carbocycles. The van der Waals surface area contributed by atoms with E-state index in [-0.39, 0.29) is 54.4 Å². The lowest BCUT2D eigenvalue weighted by atomic mass is 9.65. The number of fused-ring (bicyclic) bond motifs is 11. The molecule has 3 aromatic rings. The van der Waals surface area contributed by atoms with Crippen LogP contribution in [-0.4, -0.2) is 82.4 Å². The minimum atomic E-state index is -0.729. The van der Waals surface area contributed by atoms with Crippen molar-refractivity contribution in [3.05, 3.63) is 92.7 Å². The number of hydrogen-bond acceptors (Lipinski definition) is 15. The van der Waals surface area contributed by atoms with Gasteiger partial charge in [0.25, 0.3) is 0 Å². The van der Waals surface area contributed by atoms with Crippen LogP contribution in [0, 0.1) is 23.7 Å². The Morgan fingerprint density at radius 3 is 2.74 bits per heavy atom. The first-order valence-electron chi connectivity index (χ1n) is 26.5. The molecule has 5 aliphatic heterocycles. The molecule has 3 saturated carbocycles. The van der Waals surface area contributed by atoms with Crippen LogP contribution in [0.3, 0.4) is 0 Å². The Hall–Kier alpha value is -5.08. The summed E-state index contributed by atoms with van der Waals surface area (Å²) in [6.45, 7) is 1.20. The highest BCUT2D eigenvalue weighted by Crippen LogP contribution is 2.63. The van der Waals surface area contributed by atoms with E-state index >= 15 is 0 Å². The standard InChI is InChI=1S/C58H66N4O9S2/c1-31(64)68-27-45-41-13-14-42-51-35(22-39(66)23-48(51)69-30-63)25-58-19-18-32(24-58)20-34-8-17-50(59)62-46(34)7-3-6-40-44(26-60-36-9-11-38(65)12-10-36)54(67)57-43(52(40)55(45)71-56(41)53(42)58)15-16-47-49(70-57)29-73-72-28-33-4-2-5-37(21-33)61-47/h8,13-17,22-23,32-33,36-37,45,47,49-50,55,60-63,66-67H,2,4-6,9-12,18-21,24-30,59H2,1H3/t32-,33+,37+,45+,47+,49-,50?,55+,58-/m1/s1. The molecule has 0 amide bonds. The van der Waals surface area contributed by atoms with Crippen LogP contribution in [-0.2, 0) is 39.1 Å². The van der Waals surface area contributed by atoms with Crippen molar-refractivity contribution in [1.29, 1.82) is 0 Å². The fourth-order valence-corrected chi connectivity index (χ4v) is 16.6. The van der Waals surface area contributed by atoms with E-state index in [0.717, 1.165) is 100 Å². The summed E-state index contributed by atoms with van der Waals surface area (Å²) in [6.07, 6.45) is 18.4. The highest BCUT2D eigenvalue weighted by Gasteiger charge is 2.52. The van der Waals surface area contributed by atoms with E-state index in [1.54, 1.807) is 6.07 Å². The fraction of sp³-hybridized carbons (Fsp3) is 0.517. The molecule has 384 valence electrons. The van der Waals surface area contributed by atoms with Gasteiger partial charge in [0.2, 0.25) is 0 Å². The van der Waals surface area contributed by atoms with Gasteiger partial charge in [0.1, 0.15) is 41.8 Å². The number of aliphatic hydroxyl groups excluding tert-OH is 1. The minimum absolute atomic E-state index is 0.0354. The Morgan fingerprint density at radius 2 is 1.89 bits per heavy atom. The van der Waals surface area contributed by atoms with Gasteiger partial charge in [0, 0.05) is 101 Å². The number of phenols is 2. The largest absolute Gasteiger partial charge is 0.508 e. The maximum absolute atomic E-state index is 13.0. The lowest BCUT2D eigenvalue weighted by molar-refractivity contribution is -0.142. The molecule has 1 spiro atoms. The van der Waals surface area contributed by atoms with Crippen LogP contribution in [0.5, 0.6) is 28.7 Å². The van der Waals surface area contributed by atoms with Gasteiger partial charge in [0.15, 0.2) is 18.3 Å². The number of ether oxygens (including phenoxy) is 4. The van der Waals surface area contributed by atoms with E-state index in [1.165, 1.54) is 19.8 Å². The highest BCUT2D eigenvalue weighted by atomic mass is 33.1. The predicted molar refractivity (Wildman–Crippen MR) is 283 cm³/mol. The minimum Gasteiger partial charge on any atom is -0.508 e. The van der Waals surface area contributed by atoms with Gasteiger partial charge in [0.05, 0.1) is 23.8 Å².